The van der Waals surface area contributed by atoms with Crippen LogP contribution in [0.3, 0.4) is 0 Å². The molecule has 0 aromatic heterocycles. The van der Waals surface area contributed by atoms with Crippen molar-refractivity contribution >= 4 is 0 Å². The summed E-state index contributed by atoms with van der Waals surface area (Å²) in [5.74, 6) is 1.40. The van der Waals surface area contributed by atoms with E-state index in [0.717, 1.165) is 24.9 Å². The second-order valence-corrected chi connectivity index (χ2v) is 5.59. The van der Waals surface area contributed by atoms with Crippen molar-refractivity contribution in [2.75, 3.05) is 13.6 Å². The van der Waals surface area contributed by atoms with Crippen molar-refractivity contribution in [3.8, 4) is 0 Å². The molecular weight excluding hydrogens is 186 g/mol. The first-order valence-corrected chi connectivity index (χ1v) is 6.59. The fourth-order valence-corrected chi connectivity index (χ4v) is 2.95. The average molecular weight is 211 g/mol. The highest BCUT2D eigenvalue weighted by Gasteiger charge is 2.33. The molecule has 0 spiro atoms. The summed E-state index contributed by atoms with van der Waals surface area (Å²) in [6, 6.07) is 0.833. The van der Waals surface area contributed by atoms with E-state index in [1.54, 1.807) is 0 Å². The van der Waals surface area contributed by atoms with Crippen LogP contribution < -0.4 is 0 Å². The molecule has 2 rings (SSSR count). The lowest BCUT2D eigenvalue weighted by Crippen LogP contribution is -2.38. The third-order valence-electron chi connectivity index (χ3n) is 4.32. The van der Waals surface area contributed by atoms with Crippen LogP contribution in [0.5, 0.6) is 0 Å². The van der Waals surface area contributed by atoms with Crippen molar-refractivity contribution in [3.63, 3.8) is 0 Å². The molecule has 3 atom stereocenters. The summed E-state index contributed by atoms with van der Waals surface area (Å²) in [6.45, 7) is 3.40. The zero-order valence-electron chi connectivity index (χ0n) is 10.2. The van der Waals surface area contributed by atoms with Crippen LogP contribution in [0.1, 0.15) is 45.4 Å². The van der Waals surface area contributed by atoms with Crippen molar-refractivity contribution in [2.45, 2.75) is 57.6 Å². The van der Waals surface area contributed by atoms with Gasteiger partial charge in [-0.3, -0.25) is 0 Å². The lowest BCUT2D eigenvalue weighted by molar-refractivity contribution is 0.0298. The van der Waals surface area contributed by atoms with E-state index >= 15 is 0 Å². The van der Waals surface area contributed by atoms with Crippen LogP contribution in [-0.2, 0) is 0 Å². The van der Waals surface area contributed by atoms with Crippen LogP contribution in [-0.4, -0.2) is 35.7 Å². The van der Waals surface area contributed by atoms with Gasteiger partial charge in [0.15, 0.2) is 0 Å². The van der Waals surface area contributed by atoms with Crippen molar-refractivity contribution < 1.29 is 5.11 Å². The Morgan fingerprint density at radius 3 is 2.53 bits per heavy atom. The van der Waals surface area contributed by atoms with E-state index in [2.05, 4.69) is 18.9 Å². The SMILES string of the molecule is CCC1CCC(O)C(CN(C)C2CC2)C1. The van der Waals surface area contributed by atoms with Gasteiger partial charge in [-0.2, -0.15) is 0 Å². The summed E-state index contributed by atoms with van der Waals surface area (Å²) in [4.78, 5) is 2.46. The van der Waals surface area contributed by atoms with Crippen LogP contribution in [0.25, 0.3) is 0 Å². The minimum absolute atomic E-state index is 0.0333. The Labute approximate surface area is 93.7 Å². The molecule has 0 amide bonds. The molecule has 3 unspecified atom stereocenters. The summed E-state index contributed by atoms with van der Waals surface area (Å²) < 4.78 is 0. The highest BCUT2D eigenvalue weighted by molar-refractivity contribution is 4.87. The van der Waals surface area contributed by atoms with Crippen LogP contribution in [0.15, 0.2) is 0 Å². The molecule has 0 aliphatic heterocycles. The molecule has 1 N–H and O–H groups in total. The van der Waals surface area contributed by atoms with Crippen molar-refractivity contribution in [1.29, 1.82) is 0 Å². The van der Waals surface area contributed by atoms with Gasteiger partial charge in [0.2, 0.25) is 0 Å². The van der Waals surface area contributed by atoms with Crippen LogP contribution in [0.4, 0.5) is 0 Å². The molecule has 0 aromatic rings. The van der Waals surface area contributed by atoms with Gasteiger partial charge in [-0.1, -0.05) is 13.3 Å². The number of aliphatic hydroxyl groups is 1. The molecule has 2 saturated carbocycles. The molecule has 2 fully saturated rings. The van der Waals surface area contributed by atoms with E-state index < -0.39 is 0 Å². The van der Waals surface area contributed by atoms with Gasteiger partial charge in [-0.15, -0.1) is 0 Å². The Hall–Kier alpha value is -0.0800. The summed E-state index contributed by atoms with van der Waals surface area (Å²) in [5.41, 5.74) is 0. The van der Waals surface area contributed by atoms with Crippen LogP contribution >= 0.6 is 0 Å². The number of aliphatic hydroxyl groups excluding tert-OH is 1. The maximum atomic E-state index is 10.0. The first-order chi connectivity index (χ1) is 7.20. The number of nitrogens with zero attached hydrogens (tertiary/aromatic N) is 1. The third kappa shape index (κ3) is 2.94. The Balaban J connectivity index is 1.82. The molecule has 2 aliphatic rings. The number of hydrogen-bond donors (Lipinski definition) is 1. The van der Waals surface area contributed by atoms with E-state index in [4.69, 9.17) is 0 Å². The Bertz CT molecular complexity index is 203. The molecule has 0 saturated heterocycles. The lowest BCUT2D eigenvalue weighted by Gasteiger charge is -2.35. The lowest BCUT2D eigenvalue weighted by atomic mass is 9.78. The topological polar surface area (TPSA) is 23.5 Å². The van der Waals surface area contributed by atoms with Gasteiger partial charge >= 0.3 is 0 Å². The highest BCUT2D eigenvalue weighted by atomic mass is 16.3. The van der Waals surface area contributed by atoms with Gasteiger partial charge in [0.1, 0.15) is 0 Å². The van der Waals surface area contributed by atoms with Gasteiger partial charge in [0, 0.05) is 12.6 Å². The number of rotatable bonds is 4. The van der Waals surface area contributed by atoms with E-state index in [1.807, 2.05) is 0 Å². The molecular formula is C13H25NO. The molecule has 2 aliphatic carbocycles. The molecule has 2 nitrogen and oxygen atoms in total. The predicted molar refractivity (Wildman–Crippen MR) is 62.8 cm³/mol. The smallest absolute Gasteiger partial charge is 0.0580 e. The van der Waals surface area contributed by atoms with Crippen molar-refractivity contribution in [1.82, 2.24) is 4.90 Å². The first kappa shape index (κ1) is 11.4. The average Bonchev–Trinajstić information content (AvgIpc) is 3.04. The summed E-state index contributed by atoms with van der Waals surface area (Å²) in [5, 5.41) is 10.0. The predicted octanol–water partition coefficient (Wildman–Crippen LogP) is 2.27. The molecule has 0 aromatic carbocycles. The first-order valence-electron chi connectivity index (χ1n) is 6.59. The fourth-order valence-electron chi connectivity index (χ4n) is 2.95. The minimum Gasteiger partial charge on any atom is -0.393 e. The standard InChI is InChI=1S/C13H25NO/c1-3-10-4-7-13(15)11(8-10)9-14(2)12-5-6-12/h10-13,15H,3-9H2,1-2H3. The largest absolute Gasteiger partial charge is 0.393 e. The fraction of sp³-hybridized carbons (Fsp3) is 1.00. The summed E-state index contributed by atoms with van der Waals surface area (Å²) in [7, 11) is 2.22. The van der Waals surface area contributed by atoms with Gasteiger partial charge in [-0.25, -0.2) is 0 Å². The van der Waals surface area contributed by atoms with E-state index in [1.165, 1.54) is 32.1 Å². The molecule has 2 heteroatoms. The van der Waals surface area contributed by atoms with Gasteiger partial charge in [-0.05, 0) is 51.0 Å². The van der Waals surface area contributed by atoms with E-state index in [0.29, 0.717) is 5.92 Å². The van der Waals surface area contributed by atoms with Gasteiger partial charge in [0.05, 0.1) is 6.10 Å². The molecule has 88 valence electrons. The Morgan fingerprint density at radius 1 is 1.20 bits per heavy atom. The zero-order valence-corrected chi connectivity index (χ0v) is 10.2. The molecule has 0 bridgehead atoms. The second kappa shape index (κ2) is 4.84. The molecule has 0 radical (unpaired) electrons. The number of hydrogen-bond acceptors (Lipinski definition) is 2. The normalized spacial score (nSPS) is 37.2. The van der Waals surface area contributed by atoms with Crippen LogP contribution in [0.2, 0.25) is 0 Å². The third-order valence-corrected chi connectivity index (χ3v) is 4.32. The molecule has 15 heavy (non-hydrogen) atoms. The maximum Gasteiger partial charge on any atom is 0.0580 e. The summed E-state index contributed by atoms with van der Waals surface area (Å²) in [6.07, 6.45) is 7.51. The van der Waals surface area contributed by atoms with Gasteiger partial charge in [0.25, 0.3) is 0 Å². The summed E-state index contributed by atoms with van der Waals surface area (Å²) >= 11 is 0. The van der Waals surface area contributed by atoms with E-state index in [9.17, 15) is 5.11 Å². The van der Waals surface area contributed by atoms with Crippen molar-refractivity contribution in [2.24, 2.45) is 11.8 Å². The Morgan fingerprint density at radius 2 is 1.93 bits per heavy atom. The zero-order chi connectivity index (χ0) is 10.8. The van der Waals surface area contributed by atoms with E-state index in [-0.39, 0.29) is 6.10 Å². The van der Waals surface area contributed by atoms with Crippen LogP contribution in [0, 0.1) is 11.8 Å². The second-order valence-electron chi connectivity index (χ2n) is 5.59. The van der Waals surface area contributed by atoms with Gasteiger partial charge < -0.3 is 10.0 Å². The highest BCUT2D eigenvalue weighted by Crippen LogP contribution is 2.34. The van der Waals surface area contributed by atoms with Crippen molar-refractivity contribution in [3.05, 3.63) is 0 Å². The maximum absolute atomic E-state index is 10.0. The minimum atomic E-state index is -0.0333. The Kier molecular flexibility index (Phi) is 3.68. The monoisotopic (exact) mass is 211 g/mol. The quantitative estimate of drug-likeness (QED) is 0.771. The molecule has 0 heterocycles.